The van der Waals surface area contributed by atoms with E-state index in [9.17, 15) is 4.39 Å². The highest BCUT2D eigenvalue weighted by molar-refractivity contribution is 5.38. The summed E-state index contributed by atoms with van der Waals surface area (Å²) in [5.74, 6) is -0.0925. The Bertz CT molecular complexity index is 382. The minimum atomic E-state index is -0.0925. The zero-order chi connectivity index (χ0) is 10.3. The zero-order valence-electron chi connectivity index (χ0n) is 8.85. The van der Waals surface area contributed by atoms with Crippen molar-refractivity contribution in [1.82, 2.24) is 5.32 Å². The third-order valence-corrected chi connectivity index (χ3v) is 3.98. The number of hydrogen-bond donors (Lipinski definition) is 1. The average molecular weight is 205 g/mol. The van der Waals surface area contributed by atoms with Gasteiger partial charge in [-0.2, -0.15) is 0 Å². The van der Waals surface area contributed by atoms with Crippen molar-refractivity contribution >= 4 is 0 Å². The molecule has 0 radical (unpaired) electrons. The minimum absolute atomic E-state index is 0.0925. The molecule has 0 unspecified atom stereocenters. The van der Waals surface area contributed by atoms with E-state index in [0.717, 1.165) is 19.5 Å². The summed E-state index contributed by atoms with van der Waals surface area (Å²) in [4.78, 5) is 0. The SMILES string of the molecule is Fc1ccc2c(c1)CCNCC21CCC1. The van der Waals surface area contributed by atoms with Gasteiger partial charge in [-0.3, -0.25) is 0 Å². The molecule has 0 atom stereocenters. The fraction of sp³-hybridized carbons (Fsp3) is 0.538. The van der Waals surface area contributed by atoms with Crippen LogP contribution in [0.4, 0.5) is 4.39 Å². The molecule has 1 fully saturated rings. The van der Waals surface area contributed by atoms with Crippen LogP contribution in [0.1, 0.15) is 30.4 Å². The van der Waals surface area contributed by atoms with Crippen molar-refractivity contribution in [2.24, 2.45) is 0 Å². The number of hydrogen-bond acceptors (Lipinski definition) is 1. The van der Waals surface area contributed by atoms with Crippen molar-refractivity contribution in [2.75, 3.05) is 13.1 Å². The molecule has 0 saturated heterocycles. The van der Waals surface area contributed by atoms with Gasteiger partial charge in [0.1, 0.15) is 5.82 Å². The maximum Gasteiger partial charge on any atom is 0.123 e. The molecule has 1 spiro atoms. The molecule has 1 aliphatic heterocycles. The lowest BCUT2D eigenvalue weighted by molar-refractivity contribution is 0.239. The van der Waals surface area contributed by atoms with Crippen LogP contribution in [0, 0.1) is 5.82 Å². The van der Waals surface area contributed by atoms with Gasteiger partial charge in [0, 0.05) is 12.0 Å². The van der Waals surface area contributed by atoms with Gasteiger partial charge in [0.25, 0.3) is 0 Å². The van der Waals surface area contributed by atoms with E-state index >= 15 is 0 Å². The number of nitrogens with one attached hydrogen (secondary N) is 1. The van der Waals surface area contributed by atoms with Gasteiger partial charge in [0.05, 0.1) is 0 Å². The van der Waals surface area contributed by atoms with E-state index in [4.69, 9.17) is 0 Å². The van der Waals surface area contributed by atoms with Crippen molar-refractivity contribution in [3.05, 3.63) is 35.1 Å². The van der Waals surface area contributed by atoms with E-state index in [0.29, 0.717) is 5.41 Å². The summed E-state index contributed by atoms with van der Waals surface area (Å²) in [5.41, 5.74) is 2.96. The quantitative estimate of drug-likeness (QED) is 0.685. The summed E-state index contributed by atoms with van der Waals surface area (Å²) >= 11 is 0. The molecule has 1 aromatic rings. The van der Waals surface area contributed by atoms with E-state index < -0.39 is 0 Å². The van der Waals surface area contributed by atoms with Gasteiger partial charge in [-0.15, -0.1) is 0 Å². The van der Waals surface area contributed by atoms with Gasteiger partial charge in [-0.05, 0) is 49.1 Å². The predicted octanol–water partition coefficient (Wildman–Crippen LogP) is 2.39. The Morgan fingerprint density at radius 2 is 2.13 bits per heavy atom. The first-order valence-electron chi connectivity index (χ1n) is 5.80. The molecule has 1 nitrogen and oxygen atoms in total. The Kier molecular flexibility index (Phi) is 2.06. The molecule has 0 aromatic heterocycles. The van der Waals surface area contributed by atoms with Crippen LogP contribution < -0.4 is 5.32 Å². The van der Waals surface area contributed by atoms with Gasteiger partial charge in [0.2, 0.25) is 0 Å². The van der Waals surface area contributed by atoms with Crippen molar-refractivity contribution < 1.29 is 4.39 Å². The first-order valence-corrected chi connectivity index (χ1v) is 5.80. The highest BCUT2D eigenvalue weighted by Gasteiger charge is 2.40. The van der Waals surface area contributed by atoms with Gasteiger partial charge in [-0.25, -0.2) is 4.39 Å². The highest BCUT2D eigenvalue weighted by atomic mass is 19.1. The maximum absolute atomic E-state index is 13.2. The van der Waals surface area contributed by atoms with Gasteiger partial charge < -0.3 is 5.32 Å². The Morgan fingerprint density at radius 3 is 2.87 bits per heavy atom. The van der Waals surface area contributed by atoms with E-state index in [1.165, 1.54) is 30.4 Å². The van der Waals surface area contributed by atoms with Crippen molar-refractivity contribution in [3.63, 3.8) is 0 Å². The third-order valence-electron chi connectivity index (χ3n) is 3.98. The Balaban J connectivity index is 2.09. The Hall–Kier alpha value is -0.890. The van der Waals surface area contributed by atoms with E-state index in [2.05, 4.69) is 5.32 Å². The molecule has 1 aromatic carbocycles. The van der Waals surface area contributed by atoms with Crippen LogP contribution in [0.15, 0.2) is 18.2 Å². The number of fused-ring (bicyclic) bond motifs is 2. The second kappa shape index (κ2) is 3.31. The second-order valence-electron chi connectivity index (χ2n) is 4.86. The lowest BCUT2D eigenvalue weighted by Crippen LogP contribution is -2.42. The molecule has 15 heavy (non-hydrogen) atoms. The maximum atomic E-state index is 13.2. The van der Waals surface area contributed by atoms with Crippen LogP contribution in [0.25, 0.3) is 0 Å². The third kappa shape index (κ3) is 1.39. The standard InChI is InChI=1S/C13H16FN/c14-11-2-3-12-10(8-11)4-7-15-9-13(12)5-1-6-13/h2-3,8,15H,1,4-7,9H2. The number of rotatable bonds is 0. The van der Waals surface area contributed by atoms with Crippen LogP contribution in [0.2, 0.25) is 0 Å². The average Bonchev–Trinajstić information content (AvgIpc) is 2.35. The molecule has 1 N–H and O–H groups in total. The summed E-state index contributed by atoms with van der Waals surface area (Å²) in [7, 11) is 0. The molecule has 1 saturated carbocycles. The van der Waals surface area contributed by atoms with Gasteiger partial charge in [-0.1, -0.05) is 12.5 Å². The van der Waals surface area contributed by atoms with E-state index in [1.54, 1.807) is 12.1 Å². The van der Waals surface area contributed by atoms with Crippen molar-refractivity contribution in [3.8, 4) is 0 Å². The molecule has 3 rings (SSSR count). The van der Waals surface area contributed by atoms with E-state index in [1.807, 2.05) is 6.07 Å². The van der Waals surface area contributed by atoms with Gasteiger partial charge in [0.15, 0.2) is 0 Å². The summed E-state index contributed by atoms with van der Waals surface area (Å²) in [6, 6.07) is 5.35. The molecular weight excluding hydrogens is 189 g/mol. The monoisotopic (exact) mass is 205 g/mol. The zero-order valence-corrected chi connectivity index (χ0v) is 8.85. The summed E-state index contributed by atoms with van der Waals surface area (Å²) in [5, 5.41) is 3.48. The lowest BCUT2D eigenvalue weighted by atomic mass is 9.63. The molecule has 1 heterocycles. The van der Waals surface area contributed by atoms with Crippen molar-refractivity contribution in [2.45, 2.75) is 31.1 Å². The molecule has 1 aliphatic carbocycles. The first kappa shape index (κ1) is 9.34. The molecular formula is C13H16FN. The predicted molar refractivity (Wildman–Crippen MR) is 58.5 cm³/mol. The highest BCUT2D eigenvalue weighted by Crippen LogP contribution is 2.45. The molecule has 2 heteroatoms. The topological polar surface area (TPSA) is 12.0 Å². The van der Waals surface area contributed by atoms with Crippen molar-refractivity contribution in [1.29, 1.82) is 0 Å². The Morgan fingerprint density at radius 1 is 1.27 bits per heavy atom. The van der Waals surface area contributed by atoms with Crippen LogP contribution in [0.5, 0.6) is 0 Å². The molecule has 0 bridgehead atoms. The lowest BCUT2D eigenvalue weighted by Gasteiger charge is -2.42. The fourth-order valence-electron chi connectivity index (χ4n) is 2.98. The minimum Gasteiger partial charge on any atom is -0.316 e. The first-order chi connectivity index (χ1) is 7.30. The van der Waals surface area contributed by atoms with Crippen LogP contribution in [0.3, 0.4) is 0 Å². The molecule has 2 aliphatic rings. The van der Waals surface area contributed by atoms with Crippen LogP contribution in [-0.2, 0) is 11.8 Å². The van der Waals surface area contributed by atoms with E-state index in [-0.39, 0.29) is 5.82 Å². The van der Waals surface area contributed by atoms with Crippen LogP contribution in [-0.4, -0.2) is 13.1 Å². The summed E-state index contributed by atoms with van der Waals surface area (Å²) in [6.45, 7) is 2.06. The fourth-order valence-corrected chi connectivity index (χ4v) is 2.98. The second-order valence-corrected chi connectivity index (χ2v) is 4.86. The van der Waals surface area contributed by atoms with Gasteiger partial charge >= 0.3 is 0 Å². The number of halogens is 1. The summed E-state index contributed by atoms with van der Waals surface area (Å²) < 4.78 is 13.2. The normalized spacial score (nSPS) is 23.0. The number of benzene rings is 1. The Labute approximate surface area is 89.7 Å². The summed E-state index contributed by atoms with van der Waals surface area (Å²) in [6.07, 6.45) is 4.81. The molecule has 80 valence electrons. The largest absolute Gasteiger partial charge is 0.316 e. The smallest absolute Gasteiger partial charge is 0.123 e. The molecule has 0 amide bonds. The van der Waals surface area contributed by atoms with Crippen LogP contribution >= 0.6 is 0 Å².